The van der Waals surface area contributed by atoms with Crippen LogP contribution in [0, 0.1) is 0 Å². The average molecular weight is 375 g/mol. The maximum absolute atomic E-state index is 12.9. The predicted octanol–water partition coefficient (Wildman–Crippen LogP) is 5.19. The highest BCUT2D eigenvalue weighted by Crippen LogP contribution is 2.36. The van der Waals surface area contributed by atoms with E-state index < -0.39 is 29.5 Å². The van der Waals surface area contributed by atoms with Gasteiger partial charge in [-0.25, -0.2) is 0 Å². The molecule has 0 saturated heterocycles. The Bertz CT molecular complexity index is 748. The number of hydrogen-bond acceptors (Lipinski definition) is 2. The zero-order valence-corrected chi connectivity index (χ0v) is 13.3. The van der Waals surface area contributed by atoms with Gasteiger partial charge >= 0.3 is 12.4 Å². The maximum atomic E-state index is 12.9. The number of nitrogens with two attached hydrogens (primary N) is 1. The highest BCUT2D eigenvalue weighted by Gasteiger charge is 2.37. The van der Waals surface area contributed by atoms with E-state index >= 15 is 0 Å². The molecule has 140 valence electrons. The van der Waals surface area contributed by atoms with Crippen molar-refractivity contribution in [1.29, 1.82) is 0 Å². The van der Waals surface area contributed by atoms with Gasteiger partial charge in [0.05, 0.1) is 17.2 Å². The number of halogens is 6. The fraction of sp³-hybridized carbons (Fsp3) is 0.222. The molecule has 3 N–H and O–H groups in total. The molecule has 0 bridgehead atoms. The molecule has 26 heavy (non-hydrogen) atoms. The Hall–Kier alpha value is -2.48. The average Bonchev–Trinajstić information content (AvgIpc) is 2.53. The highest BCUT2D eigenvalue weighted by molar-refractivity contribution is 5.52. The lowest BCUT2D eigenvalue weighted by molar-refractivity contribution is -0.143. The van der Waals surface area contributed by atoms with E-state index in [1.807, 2.05) is 0 Å². The normalized spacial score (nSPS) is 14.3. The standard InChI is InChI=1S/C18H15F6NO/c19-17(20,21)13-6-12(7-14(10-13)18(22,23)24)8-15(25)16(26)9-11-4-2-1-3-5-11/h1-7,9-10,15,26H,8,25H2. The molecule has 2 aromatic rings. The summed E-state index contributed by atoms with van der Waals surface area (Å²) in [6, 6.07) is 8.57. The molecule has 2 rings (SSSR count). The molecule has 1 unspecified atom stereocenters. The minimum atomic E-state index is -4.93. The molecule has 0 heterocycles. The van der Waals surface area contributed by atoms with Crippen LogP contribution in [0.5, 0.6) is 0 Å². The quantitative estimate of drug-likeness (QED) is 0.570. The van der Waals surface area contributed by atoms with Crippen LogP contribution in [-0.2, 0) is 18.8 Å². The van der Waals surface area contributed by atoms with E-state index in [1.54, 1.807) is 30.3 Å². The van der Waals surface area contributed by atoms with Gasteiger partial charge in [0.2, 0.25) is 0 Å². The lowest BCUT2D eigenvalue weighted by Crippen LogP contribution is -2.26. The van der Waals surface area contributed by atoms with Crippen molar-refractivity contribution in [2.24, 2.45) is 5.73 Å². The van der Waals surface area contributed by atoms with Crippen molar-refractivity contribution in [2.75, 3.05) is 0 Å². The zero-order chi connectivity index (χ0) is 19.5. The summed E-state index contributed by atoms with van der Waals surface area (Å²) < 4.78 is 77.2. The van der Waals surface area contributed by atoms with Crippen molar-refractivity contribution in [1.82, 2.24) is 0 Å². The van der Waals surface area contributed by atoms with Gasteiger partial charge in [-0.3, -0.25) is 0 Å². The van der Waals surface area contributed by atoms with E-state index in [0.717, 1.165) is 0 Å². The summed E-state index contributed by atoms with van der Waals surface area (Å²) in [7, 11) is 0. The van der Waals surface area contributed by atoms with Gasteiger partial charge < -0.3 is 10.8 Å². The Morgan fingerprint density at radius 3 is 1.88 bits per heavy atom. The monoisotopic (exact) mass is 375 g/mol. The summed E-state index contributed by atoms with van der Waals surface area (Å²) in [4.78, 5) is 0. The van der Waals surface area contributed by atoms with Crippen LogP contribution < -0.4 is 5.73 Å². The third kappa shape index (κ3) is 5.26. The Kier molecular flexibility index (Phi) is 5.65. The number of aliphatic hydroxyl groups excluding tert-OH is 1. The van der Waals surface area contributed by atoms with E-state index in [1.165, 1.54) is 6.08 Å². The fourth-order valence-corrected chi connectivity index (χ4v) is 2.32. The Balaban J connectivity index is 2.31. The number of benzene rings is 2. The fourth-order valence-electron chi connectivity index (χ4n) is 2.32. The molecule has 0 fully saturated rings. The SMILES string of the molecule is NC(Cc1cc(C(F)(F)F)cc(C(F)(F)F)c1)C(O)=Cc1ccccc1. The summed E-state index contributed by atoms with van der Waals surface area (Å²) >= 11 is 0. The van der Waals surface area contributed by atoms with Crippen LogP contribution in [0.1, 0.15) is 22.3 Å². The van der Waals surface area contributed by atoms with Gasteiger partial charge in [-0.05, 0) is 41.8 Å². The van der Waals surface area contributed by atoms with Crippen LogP contribution in [0.25, 0.3) is 6.08 Å². The molecule has 0 aliphatic heterocycles. The van der Waals surface area contributed by atoms with Gasteiger partial charge in [0.25, 0.3) is 0 Å². The van der Waals surface area contributed by atoms with Gasteiger partial charge in [0, 0.05) is 0 Å². The van der Waals surface area contributed by atoms with E-state index in [-0.39, 0.29) is 23.8 Å². The molecule has 0 radical (unpaired) electrons. The van der Waals surface area contributed by atoms with E-state index in [0.29, 0.717) is 17.7 Å². The lowest BCUT2D eigenvalue weighted by Gasteiger charge is -2.16. The van der Waals surface area contributed by atoms with Crippen LogP contribution in [0.15, 0.2) is 54.3 Å². The smallest absolute Gasteiger partial charge is 0.416 e. The van der Waals surface area contributed by atoms with Gasteiger partial charge in [0.1, 0.15) is 5.76 Å². The summed E-state index contributed by atoms with van der Waals surface area (Å²) in [5.74, 6) is -0.345. The second-order valence-corrected chi connectivity index (χ2v) is 5.70. The first-order valence-electron chi connectivity index (χ1n) is 7.46. The largest absolute Gasteiger partial charge is 0.511 e. The van der Waals surface area contributed by atoms with Crippen molar-refractivity contribution in [2.45, 2.75) is 24.8 Å². The van der Waals surface area contributed by atoms with Crippen molar-refractivity contribution in [3.63, 3.8) is 0 Å². The van der Waals surface area contributed by atoms with Crippen LogP contribution in [0.2, 0.25) is 0 Å². The second-order valence-electron chi connectivity index (χ2n) is 5.70. The van der Waals surface area contributed by atoms with Crippen LogP contribution in [0.4, 0.5) is 26.3 Å². The molecule has 1 atom stereocenters. The minimum absolute atomic E-state index is 0.0503. The molecule has 0 saturated carbocycles. The molecule has 0 aliphatic carbocycles. The zero-order valence-electron chi connectivity index (χ0n) is 13.3. The number of alkyl halides is 6. The maximum Gasteiger partial charge on any atom is 0.416 e. The molecule has 0 amide bonds. The first-order valence-corrected chi connectivity index (χ1v) is 7.46. The third-order valence-electron chi connectivity index (χ3n) is 3.60. The summed E-state index contributed by atoms with van der Waals surface area (Å²) in [6.07, 6.45) is -8.94. The van der Waals surface area contributed by atoms with Crippen molar-refractivity contribution in [3.8, 4) is 0 Å². The van der Waals surface area contributed by atoms with E-state index in [9.17, 15) is 31.4 Å². The van der Waals surface area contributed by atoms with Gasteiger partial charge in [-0.15, -0.1) is 0 Å². The lowest BCUT2D eigenvalue weighted by atomic mass is 9.98. The molecule has 0 aromatic heterocycles. The third-order valence-corrected chi connectivity index (χ3v) is 3.60. The highest BCUT2D eigenvalue weighted by atomic mass is 19.4. The summed E-state index contributed by atoms with van der Waals surface area (Å²) in [5.41, 5.74) is 3.23. The van der Waals surface area contributed by atoms with Crippen LogP contribution in [0.3, 0.4) is 0 Å². The van der Waals surface area contributed by atoms with Crippen molar-refractivity contribution < 1.29 is 31.4 Å². The molecule has 0 aliphatic rings. The number of hydrogen-bond donors (Lipinski definition) is 2. The Morgan fingerprint density at radius 2 is 1.42 bits per heavy atom. The van der Waals surface area contributed by atoms with E-state index in [4.69, 9.17) is 5.73 Å². The van der Waals surface area contributed by atoms with Gasteiger partial charge in [-0.1, -0.05) is 30.3 Å². The Labute approximate surface area is 145 Å². The Morgan fingerprint density at radius 1 is 0.923 bits per heavy atom. The van der Waals surface area contributed by atoms with Gasteiger partial charge in [0.15, 0.2) is 0 Å². The molecule has 0 spiro atoms. The first kappa shape index (κ1) is 19.8. The summed E-state index contributed by atoms with van der Waals surface area (Å²) in [5, 5.41) is 9.98. The van der Waals surface area contributed by atoms with Crippen molar-refractivity contribution in [3.05, 3.63) is 76.5 Å². The molecular weight excluding hydrogens is 360 g/mol. The molecular formula is C18H15F6NO. The van der Waals surface area contributed by atoms with E-state index in [2.05, 4.69) is 0 Å². The van der Waals surface area contributed by atoms with Gasteiger partial charge in [-0.2, -0.15) is 26.3 Å². The van der Waals surface area contributed by atoms with Crippen LogP contribution in [-0.4, -0.2) is 11.1 Å². The number of rotatable bonds is 4. The second kappa shape index (κ2) is 7.41. The molecule has 8 heteroatoms. The minimum Gasteiger partial charge on any atom is -0.511 e. The predicted molar refractivity (Wildman–Crippen MR) is 85.2 cm³/mol. The first-order chi connectivity index (χ1) is 12.0. The number of aliphatic hydroxyl groups is 1. The van der Waals surface area contributed by atoms with Crippen molar-refractivity contribution >= 4 is 6.08 Å². The van der Waals surface area contributed by atoms with Crippen LogP contribution >= 0.6 is 0 Å². The molecule has 2 nitrogen and oxygen atoms in total. The summed E-state index contributed by atoms with van der Waals surface area (Å²) in [6.45, 7) is 0. The molecule has 2 aromatic carbocycles. The topological polar surface area (TPSA) is 46.2 Å².